The molecule has 1 saturated heterocycles. The lowest BCUT2D eigenvalue weighted by Gasteiger charge is -2.24. The molecule has 2 aromatic heterocycles. The molecule has 10 heteroatoms. The molecule has 0 radical (unpaired) electrons. The maximum atomic E-state index is 12.2. The van der Waals surface area contributed by atoms with Gasteiger partial charge in [-0.3, -0.25) is 24.5 Å². The van der Waals surface area contributed by atoms with E-state index in [1.54, 1.807) is 20.8 Å². The molecule has 3 heterocycles. The number of aliphatic hydroxyl groups excluding tert-OH is 2. The molecule has 4 N–H and O–H groups in total. The zero-order valence-corrected chi connectivity index (χ0v) is 14.2. The van der Waals surface area contributed by atoms with Crippen LogP contribution in [0, 0.1) is 5.92 Å². The van der Waals surface area contributed by atoms with E-state index < -0.39 is 23.5 Å². The number of aromatic nitrogens is 4. The number of amides is 1. The van der Waals surface area contributed by atoms with Crippen LogP contribution < -0.4 is 10.9 Å². The van der Waals surface area contributed by atoms with Crippen molar-refractivity contribution in [2.75, 3.05) is 11.9 Å². The van der Waals surface area contributed by atoms with Crippen molar-refractivity contribution in [2.45, 2.75) is 45.1 Å². The Morgan fingerprint density at radius 2 is 2.32 bits per heavy atom. The number of hydrogen-bond donors (Lipinski definition) is 4. The summed E-state index contributed by atoms with van der Waals surface area (Å²) in [4.78, 5) is 34.8. The van der Waals surface area contributed by atoms with Gasteiger partial charge in [-0.25, -0.2) is 4.98 Å². The summed E-state index contributed by atoms with van der Waals surface area (Å²) in [5.41, 5.74) is -1.27. The van der Waals surface area contributed by atoms with Gasteiger partial charge in [0.1, 0.15) is 11.8 Å². The van der Waals surface area contributed by atoms with Crippen molar-refractivity contribution in [3.05, 3.63) is 16.7 Å². The van der Waals surface area contributed by atoms with Crippen LogP contribution in [0.5, 0.6) is 0 Å². The minimum Gasteiger partial charge on any atom is -0.393 e. The number of nitrogens with zero attached hydrogens (tertiary/aromatic N) is 3. The van der Waals surface area contributed by atoms with E-state index in [0.29, 0.717) is 0 Å². The second-order valence-corrected chi connectivity index (χ2v) is 6.68. The Balaban J connectivity index is 1.99. The molecular formula is C15H21N5O5. The van der Waals surface area contributed by atoms with Crippen LogP contribution in [0.1, 0.15) is 33.4 Å². The molecule has 25 heavy (non-hydrogen) atoms. The van der Waals surface area contributed by atoms with Crippen molar-refractivity contribution in [1.82, 2.24) is 19.5 Å². The minimum absolute atomic E-state index is 0.0152. The lowest BCUT2D eigenvalue weighted by atomic mass is 10.0. The van der Waals surface area contributed by atoms with Gasteiger partial charge in [0.25, 0.3) is 5.56 Å². The van der Waals surface area contributed by atoms with E-state index in [1.807, 2.05) is 0 Å². The molecule has 10 nitrogen and oxygen atoms in total. The highest BCUT2D eigenvalue weighted by atomic mass is 16.6. The van der Waals surface area contributed by atoms with E-state index >= 15 is 0 Å². The molecule has 0 aliphatic carbocycles. The summed E-state index contributed by atoms with van der Waals surface area (Å²) in [6.45, 7) is 4.70. The Bertz CT molecular complexity index is 860. The van der Waals surface area contributed by atoms with Crippen molar-refractivity contribution in [3.63, 3.8) is 0 Å². The van der Waals surface area contributed by atoms with Crippen LogP contribution in [0.25, 0.3) is 11.2 Å². The lowest BCUT2D eigenvalue weighted by Crippen LogP contribution is -2.39. The van der Waals surface area contributed by atoms with Gasteiger partial charge in [0.05, 0.1) is 19.0 Å². The fourth-order valence-electron chi connectivity index (χ4n) is 2.65. The molecule has 136 valence electrons. The Kier molecular flexibility index (Phi) is 4.35. The van der Waals surface area contributed by atoms with Crippen molar-refractivity contribution >= 4 is 23.0 Å². The standard InChI is InChI=1S/C15H21N5O5/c1-7(2)12(23)18-14-17-11-10(13(24)19-14)16-6-20(11)9-4-8(22)15(3,5-21)25-9/h6-9,21-22H,4-5H2,1-3H3,(H2,17,18,19,23,24)/t8-,9+,15+/m0/s1. The van der Waals surface area contributed by atoms with Crippen LogP contribution in [-0.2, 0) is 9.53 Å². The number of aromatic amines is 1. The van der Waals surface area contributed by atoms with Crippen molar-refractivity contribution < 1.29 is 19.7 Å². The maximum Gasteiger partial charge on any atom is 0.280 e. The Labute approximate surface area is 142 Å². The monoisotopic (exact) mass is 351 g/mol. The first-order valence-corrected chi connectivity index (χ1v) is 7.99. The van der Waals surface area contributed by atoms with Gasteiger partial charge in [-0.15, -0.1) is 0 Å². The maximum absolute atomic E-state index is 12.2. The van der Waals surface area contributed by atoms with Crippen LogP contribution in [0.2, 0.25) is 0 Å². The van der Waals surface area contributed by atoms with E-state index in [0.717, 1.165) is 0 Å². The predicted molar refractivity (Wildman–Crippen MR) is 87.9 cm³/mol. The Morgan fingerprint density at radius 3 is 2.92 bits per heavy atom. The third kappa shape index (κ3) is 3.03. The zero-order chi connectivity index (χ0) is 18.4. The van der Waals surface area contributed by atoms with Gasteiger partial charge < -0.3 is 14.9 Å². The fourth-order valence-corrected chi connectivity index (χ4v) is 2.65. The summed E-state index contributed by atoms with van der Waals surface area (Å²) in [5.74, 6) is -0.542. The lowest BCUT2D eigenvalue weighted by molar-refractivity contribution is -0.118. The number of carbonyl (C=O) groups excluding carboxylic acids is 1. The zero-order valence-electron chi connectivity index (χ0n) is 14.2. The number of carbonyl (C=O) groups is 1. The SMILES string of the molecule is CC(C)C(=O)Nc1nc2c(ncn2[C@H]2C[C@H](O)[C@@](C)(CO)O2)c(=O)[nH]1. The number of hydrogen-bond acceptors (Lipinski definition) is 7. The first-order valence-electron chi connectivity index (χ1n) is 7.99. The number of ether oxygens (including phenoxy) is 1. The van der Waals surface area contributed by atoms with E-state index in [1.165, 1.54) is 10.9 Å². The van der Waals surface area contributed by atoms with E-state index in [9.17, 15) is 19.8 Å². The van der Waals surface area contributed by atoms with Crippen LogP contribution >= 0.6 is 0 Å². The number of rotatable bonds is 4. The molecule has 1 amide bonds. The second-order valence-electron chi connectivity index (χ2n) is 6.68. The summed E-state index contributed by atoms with van der Waals surface area (Å²) in [6, 6.07) is 0. The molecule has 1 fully saturated rings. The number of H-pyrrole nitrogens is 1. The molecule has 3 atom stereocenters. The highest BCUT2D eigenvalue weighted by molar-refractivity contribution is 5.91. The number of imidazole rings is 1. The molecule has 3 rings (SSSR count). The highest BCUT2D eigenvalue weighted by Crippen LogP contribution is 2.37. The van der Waals surface area contributed by atoms with Crippen LogP contribution in [0.4, 0.5) is 5.95 Å². The number of aliphatic hydroxyl groups is 2. The van der Waals surface area contributed by atoms with Crippen molar-refractivity contribution in [3.8, 4) is 0 Å². The van der Waals surface area contributed by atoms with Crippen molar-refractivity contribution in [1.29, 1.82) is 0 Å². The van der Waals surface area contributed by atoms with Gasteiger partial charge in [-0.2, -0.15) is 4.98 Å². The number of nitrogens with one attached hydrogen (secondary N) is 2. The van der Waals surface area contributed by atoms with E-state index in [2.05, 4.69) is 20.3 Å². The van der Waals surface area contributed by atoms with E-state index in [4.69, 9.17) is 4.74 Å². The molecule has 0 aromatic carbocycles. The predicted octanol–water partition coefficient (Wildman–Crippen LogP) is -0.255. The van der Waals surface area contributed by atoms with Gasteiger partial charge in [0, 0.05) is 12.3 Å². The summed E-state index contributed by atoms with van der Waals surface area (Å²) in [7, 11) is 0. The van der Waals surface area contributed by atoms with Gasteiger partial charge >= 0.3 is 0 Å². The van der Waals surface area contributed by atoms with Gasteiger partial charge in [-0.1, -0.05) is 13.8 Å². The average Bonchev–Trinajstić information content (AvgIpc) is 3.09. The smallest absolute Gasteiger partial charge is 0.280 e. The summed E-state index contributed by atoms with van der Waals surface area (Å²) in [5, 5.41) is 22.1. The number of anilines is 1. The Hall–Kier alpha value is -2.30. The quantitative estimate of drug-likeness (QED) is 0.594. The molecule has 0 spiro atoms. The molecule has 0 unspecified atom stereocenters. The third-order valence-corrected chi connectivity index (χ3v) is 4.36. The molecule has 1 aliphatic heterocycles. The third-order valence-electron chi connectivity index (χ3n) is 4.36. The average molecular weight is 351 g/mol. The normalized spacial score (nSPS) is 26.5. The Morgan fingerprint density at radius 1 is 1.60 bits per heavy atom. The summed E-state index contributed by atoms with van der Waals surface area (Å²) >= 11 is 0. The highest BCUT2D eigenvalue weighted by Gasteiger charge is 2.45. The van der Waals surface area contributed by atoms with Crippen LogP contribution in [0.15, 0.2) is 11.1 Å². The van der Waals surface area contributed by atoms with Gasteiger partial charge in [0.15, 0.2) is 11.2 Å². The van der Waals surface area contributed by atoms with Crippen LogP contribution in [0.3, 0.4) is 0 Å². The molecule has 0 saturated carbocycles. The first-order chi connectivity index (χ1) is 11.7. The molecule has 0 bridgehead atoms. The summed E-state index contributed by atoms with van der Waals surface area (Å²) in [6.07, 6.45) is 0.0914. The minimum atomic E-state index is -1.10. The topological polar surface area (TPSA) is 142 Å². The molecule has 2 aromatic rings. The number of fused-ring (bicyclic) bond motifs is 1. The molecule has 1 aliphatic rings. The largest absolute Gasteiger partial charge is 0.393 e. The van der Waals surface area contributed by atoms with E-state index in [-0.39, 0.29) is 42.0 Å². The fraction of sp³-hybridized carbons (Fsp3) is 0.600. The van der Waals surface area contributed by atoms with Crippen molar-refractivity contribution in [2.24, 2.45) is 5.92 Å². The summed E-state index contributed by atoms with van der Waals surface area (Å²) < 4.78 is 7.26. The second kappa shape index (κ2) is 6.21. The molecular weight excluding hydrogens is 330 g/mol. The van der Waals surface area contributed by atoms with Gasteiger partial charge in [-0.05, 0) is 6.92 Å². The van der Waals surface area contributed by atoms with Crippen LogP contribution in [-0.4, -0.2) is 54.0 Å². The van der Waals surface area contributed by atoms with Gasteiger partial charge in [0.2, 0.25) is 11.9 Å². The first kappa shape index (κ1) is 17.5.